The number of nitro groups is 1. The molecule has 0 bridgehead atoms. The highest BCUT2D eigenvalue weighted by molar-refractivity contribution is 5.43. The zero-order chi connectivity index (χ0) is 9.84. The summed E-state index contributed by atoms with van der Waals surface area (Å²) >= 11 is 0. The van der Waals surface area contributed by atoms with Crippen molar-refractivity contribution in [2.45, 2.75) is 13.3 Å². The maximum absolute atomic E-state index is 10.3. The quantitative estimate of drug-likeness (QED) is 0.442. The van der Waals surface area contributed by atoms with Crippen LogP contribution in [0.3, 0.4) is 0 Å². The Balaban J connectivity index is 3.13. The molecule has 0 spiro atoms. The van der Waals surface area contributed by atoms with E-state index in [-0.39, 0.29) is 11.4 Å². The molecule has 13 heavy (non-hydrogen) atoms. The molecule has 0 aliphatic carbocycles. The van der Waals surface area contributed by atoms with E-state index in [0.29, 0.717) is 6.42 Å². The van der Waals surface area contributed by atoms with Crippen molar-refractivity contribution in [1.82, 2.24) is 0 Å². The van der Waals surface area contributed by atoms with Crippen molar-refractivity contribution in [3.8, 4) is 5.75 Å². The van der Waals surface area contributed by atoms with Gasteiger partial charge in [-0.05, 0) is 18.1 Å². The number of rotatable bonds is 3. The molecule has 0 fully saturated rings. The first-order valence-corrected chi connectivity index (χ1v) is 3.77. The molecule has 0 saturated heterocycles. The average molecular weight is 183 g/mol. The highest BCUT2D eigenvalue weighted by atomic mass is 17.1. The molecule has 0 unspecified atom stereocenters. The first-order chi connectivity index (χ1) is 6.19. The fourth-order valence-corrected chi connectivity index (χ4v) is 1.03. The standard InChI is InChI=1S/C8H9NO4/c1-2-6-3-4-7(9(10)11)5-8(6)13-12/h3-5,12H,2H2,1H3. The van der Waals surface area contributed by atoms with Gasteiger partial charge in [-0.1, -0.05) is 6.92 Å². The second-order valence-electron chi connectivity index (χ2n) is 2.49. The topological polar surface area (TPSA) is 72.6 Å². The lowest BCUT2D eigenvalue weighted by Crippen LogP contribution is -1.94. The predicted octanol–water partition coefficient (Wildman–Crippen LogP) is 2.01. The zero-order valence-corrected chi connectivity index (χ0v) is 7.06. The smallest absolute Gasteiger partial charge is 0.273 e. The Bertz CT molecular complexity index is 324. The lowest BCUT2D eigenvalue weighted by molar-refractivity contribution is -0.385. The van der Waals surface area contributed by atoms with Crippen molar-refractivity contribution >= 4 is 5.69 Å². The maximum atomic E-state index is 10.3. The summed E-state index contributed by atoms with van der Waals surface area (Å²) in [6, 6.07) is 4.13. The van der Waals surface area contributed by atoms with Crippen LogP contribution < -0.4 is 4.89 Å². The summed E-state index contributed by atoms with van der Waals surface area (Å²) in [7, 11) is 0. The molecular formula is C8H9NO4. The van der Waals surface area contributed by atoms with Gasteiger partial charge in [-0.15, -0.1) is 0 Å². The van der Waals surface area contributed by atoms with Gasteiger partial charge in [0.15, 0.2) is 5.75 Å². The molecule has 1 aromatic rings. The van der Waals surface area contributed by atoms with E-state index in [1.165, 1.54) is 12.1 Å². The largest absolute Gasteiger partial charge is 0.340 e. The molecule has 0 amide bonds. The Hall–Kier alpha value is -1.62. The first-order valence-electron chi connectivity index (χ1n) is 3.77. The van der Waals surface area contributed by atoms with E-state index in [0.717, 1.165) is 5.56 Å². The Morgan fingerprint density at radius 2 is 2.31 bits per heavy atom. The number of benzene rings is 1. The lowest BCUT2D eigenvalue weighted by Gasteiger charge is -2.02. The van der Waals surface area contributed by atoms with Gasteiger partial charge in [-0.3, -0.25) is 10.1 Å². The summed E-state index contributed by atoms with van der Waals surface area (Å²) < 4.78 is 0. The van der Waals surface area contributed by atoms with Gasteiger partial charge >= 0.3 is 0 Å². The van der Waals surface area contributed by atoms with Crippen LogP contribution in [0.25, 0.3) is 0 Å². The van der Waals surface area contributed by atoms with Crippen LogP contribution in [0.15, 0.2) is 18.2 Å². The van der Waals surface area contributed by atoms with Crippen molar-refractivity contribution in [3.63, 3.8) is 0 Å². The van der Waals surface area contributed by atoms with Crippen molar-refractivity contribution in [3.05, 3.63) is 33.9 Å². The van der Waals surface area contributed by atoms with E-state index >= 15 is 0 Å². The molecule has 1 rings (SSSR count). The molecule has 0 aliphatic heterocycles. The summed E-state index contributed by atoms with van der Waals surface area (Å²) in [6.45, 7) is 1.86. The Morgan fingerprint density at radius 3 is 2.77 bits per heavy atom. The predicted molar refractivity (Wildman–Crippen MR) is 45.7 cm³/mol. The van der Waals surface area contributed by atoms with Gasteiger partial charge in [0.2, 0.25) is 0 Å². The van der Waals surface area contributed by atoms with Crippen LogP contribution in [0.2, 0.25) is 0 Å². The number of aryl methyl sites for hydroxylation is 1. The van der Waals surface area contributed by atoms with Crippen molar-refractivity contribution < 1.29 is 15.1 Å². The van der Waals surface area contributed by atoms with Crippen molar-refractivity contribution in [2.75, 3.05) is 0 Å². The van der Waals surface area contributed by atoms with Gasteiger partial charge in [-0.2, -0.15) is 0 Å². The molecule has 0 aliphatic rings. The van der Waals surface area contributed by atoms with Crippen LogP contribution in [0, 0.1) is 10.1 Å². The highest BCUT2D eigenvalue weighted by Gasteiger charge is 2.10. The minimum Gasteiger partial charge on any atom is -0.340 e. The molecule has 1 aromatic carbocycles. The zero-order valence-electron chi connectivity index (χ0n) is 7.06. The van der Waals surface area contributed by atoms with Gasteiger partial charge in [0, 0.05) is 6.07 Å². The van der Waals surface area contributed by atoms with Crippen molar-refractivity contribution in [2.24, 2.45) is 0 Å². The molecule has 0 heterocycles. The van der Waals surface area contributed by atoms with Gasteiger partial charge < -0.3 is 4.89 Å². The molecule has 0 saturated carbocycles. The molecule has 5 heteroatoms. The fourth-order valence-electron chi connectivity index (χ4n) is 1.03. The van der Waals surface area contributed by atoms with Gasteiger partial charge in [0.1, 0.15) is 0 Å². The molecule has 0 radical (unpaired) electrons. The molecule has 0 aromatic heterocycles. The molecule has 5 nitrogen and oxygen atoms in total. The van der Waals surface area contributed by atoms with Crippen LogP contribution in [0.4, 0.5) is 5.69 Å². The van der Waals surface area contributed by atoms with Gasteiger partial charge in [0.05, 0.1) is 11.0 Å². The number of hydrogen-bond donors (Lipinski definition) is 1. The summed E-state index contributed by atoms with van der Waals surface area (Å²) in [5, 5.41) is 18.8. The Kier molecular flexibility index (Phi) is 2.81. The third kappa shape index (κ3) is 1.94. The Morgan fingerprint density at radius 1 is 1.62 bits per heavy atom. The number of hydrogen-bond acceptors (Lipinski definition) is 4. The minimum absolute atomic E-state index is 0.0961. The van der Waals surface area contributed by atoms with Crippen molar-refractivity contribution in [1.29, 1.82) is 0 Å². The monoisotopic (exact) mass is 183 g/mol. The molecular weight excluding hydrogens is 174 g/mol. The third-order valence-corrected chi connectivity index (χ3v) is 1.74. The van der Waals surface area contributed by atoms with E-state index in [2.05, 4.69) is 4.89 Å². The van der Waals surface area contributed by atoms with E-state index < -0.39 is 4.92 Å². The van der Waals surface area contributed by atoms with E-state index in [9.17, 15) is 10.1 Å². The van der Waals surface area contributed by atoms with Crippen LogP contribution in [-0.4, -0.2) is 10.2 Å². The summed E-state index contributed by atoms with van der Waals surface area (Å²) in [5.41, 5.74) is 0.634. The average Bonchev–Trinajstić information content (AvgIpc) is 2.16. The van der Waals surface area contributed by atoms with E-state index in [1.54, 1.807) is 6.07 Å². The van der Waals surface area contributed by atoms with E-state index in [1.807, 2.05) is 6.92 Å². The van der Waals surface area contributed by atoms with Gasteiger partial charge in [-0.25, -0.2) is 5.26 Å². The Labute approximate surface area is 74.7 Å². The molecule has 1 N–H and O–H groups in total. The van der Waals surface area contributed by atoms with Gasteiger partial charge in [0.25, 0.3) is 5.69 Å². The lowest BCUT2D eigenvalue weighted by atomic mass is 10.1. The number of nitro benzene ring substituents is 1. The first kappa shape index (κ1) is 9.47. The normalized spacial score (nSPS) is 9.69. The summed E-state index contributed by atoms with van der Waals surface area (Å²) in [6.07, 6.45) is 0.647. The van der Waals surface area contributed by atoms with Crippen LogP contribution in [0.5, 0.6) is 5.75 Å². The highest BCUT2D eigenvalue weighted by Crippen LogP contribution is 2.24. The molecule has 70 valence electrons. The second-order valence-corrected chi connectivity index (χ2v) is 2.49. The third-order valence-electron chi connectivity index (χ3n) is 1.74. The van der Waals surface area contributed by atoms with Crippen LogP contribution in [0.1, 0.15) is 12.5 Å². The number of nitrogens with zero attached hydrogens (tertiary/aromatic N) is 1. The maximum Gasteiger partial charge on any atom is 0.273 e. The molecule has 0 atom stereocenters. The SMILES string of the molecule is CCc1ccc([N+](=O)[O-])cc1OO. The number of non-ortho nitro benzene ring substituents is 1. The van der Waals surface area contributed by atoms with E-state index in [4.69, 9.17) is 5.26 Å². The van der Waals surface area contributed by atoms with Crippen LogP contribution in [-0.2, 0) is 6.42 Å². The second kappa shape index (κ2) is 3.86. The summed E-state index contributed by atoms with van der Waals surface area (Å²) in [4.78, 5) is 13.8. The summed E-state index contributed by atoms with van der Waals surface area (Å²) in [5.74, 6) is 0.136. The van der Waals surface area contributed by atoms with Crippen LogP contribution >= 0.6 is 0 Å². The fraction of sp³-hybridized carbons (Fsp3) is 0.250. The minimum atomic E-state index is -0.540.